The van der Waals surface area contributed by atoms with Crippen LogP contribution >= 0.6 is 11.8 Å². The van der Waals surface area contributed by atoms with Crippen LogP contribution in [0.1, 0.15) is 48.2 Å². The minimum atomic E-state index is -1.000. The third kappa shape index (κ3) is 7.01. The molecular formula is C27H27NO8S. The summed E-state index contributed by atoms with van der Waals surface area (Å²) in [6.45, 7) is 3.80. The summed E-state index contributed by atoms with van der Waals surface area (Å²) in [5.41, 5.74) is 1.48. The maximum atomic E-state index is 12.5. The van der Waals surface area contributed by atoms with Gasteiger partial charge in [0.25, 0.3) is 0 Å². The summed E-state index contributed by atoms with van der Waals surface area (Å²) < 4.78 is 16.3. The number of hydrogen-bond acceptors (Lipinski definition) is 8. The fourth-order valence-electron chi connectivity index (χ4n) is 3.32. The summed E-state index contributed by atoms with van der Waals surface area (Å²) in [7, 11) is 1.49. The molecular weight excluding hydrogens is 498 g/mol. The molecule has 0 saturated heterocycles. The Morgan fingerprint density at radius 2 is 1.78 bits per heavy atom. The van der Waals surface area contributed by atoms with Crippen molar-refractivity contribution >= 4 is 40.7 Å². The van der Waals surface area contributed by atoms with Gasteiger partial charge in [0.05, 0.1) is 24.2 Å². The first-order valence-corrected chi connectivity index (χ1v) is 12.3. The zero-order valence-electron chi connectivity index (χ0n) is 20.6. The Morgan fingerprint density at radius 1 is 1.05 bits per heavy atom. The minimum Gasteiger partial charge on any atom is -0.506 e. The molecule has 2 N–H and O–H groups in total. The van der Waals surface area contributed by atoms with E-state index in [0.29, 0.717) is 28.4 Å². The van der Waals surface area contributed by atoms with E-state index in [2.05, 4.69) is 4.99 Å². The van der Waals surface area contributed by atoms with Crippen LogP contribution in [0.4, 0.5) is 0 Å². The molecule has 0 spiro atoms. The van der Waals surface area contributed by atoms with Gasteiger partial charge in [-0.15, -0.1) is 0 Å². The lowest BCUT2D eigenvalue weighted by atomic mass is 10.1. The first-order valence-electron chi connectivity index (χ1n) is 11.5. The molecule has 0 fully saturated rings. The number of carbonyl (C=O) groups is 3. The molecule has 0 radical (unpaired) electrons. The van der Waals surface area contributed by atoms with Crippen molar-refractivity contribution in [1.29, 1.82) is 0 Å². The molecule has 0 aromatic heterocycles. The van der Waals surface area contributed by atoms with E-state index in [-0.39, 0.29) is 47.5 Å². The van der Waals surface area contributed by atoms with Crippen LogP contribution in [-0.2, 0) is 20.9 Å². The van der Waals surface area contributed by atoms with E-state index < -0.39 is 11.9 Å². The number of nitrogens with zero attached hydrogens (tertiary/aromatic N) is 1. The Bertz CT molecular complexity index is 1280. The highest BCUT2D eigenvalue weighted by atomic mass is 32.2. The third-order valence-corrected chi connectivity index (χ3v) is 6.16. The molecule has 0 bridgehead atoms. The number of aliphatic hydroxyl groups is 1. The van der Waals surface area contributed by atoms with Crippen LogP contribution < -0.4 is 9.47 Å². The highest BCUT2D eigenvalue weighted by molar-refractivity contribution is 8.18. The Hall–Kier alpha value is -4.05. The van der Waals surface area contributed by atoms with Crippen molar-refractivity contribution in [3.8, 4) is 11.5 Å². The molecule has 37 heavy (non-hydrogen) atoms. The fourth-order valence-corrected chi connectivity index (χ4v) is 4.36. The molecule has 3 rings (SSSR count). The molecule has 2 aromatic rings. The number of carboxylic acids is 1. The Labute approximate surface area is 218 Å². The predicted octanol–water partition coefficient (Wildman–Crippen LogP) is 5.16. The quantitative estimate of drug-likeness (QED) is 0.404. The first kappa shape index (κ1) is 27.5. The second-order valence-electron chi connectivity index (χ2n) is 7.82. The normalized spacial score (nSPS) is 15.2. The number of benzene rings is 2. The van der Waals surface area contributed by atoms with E-state index >= 15 is 0 Å². The van der Waals surface area contributed by atoms with Crippen molar-refractivity contribution in [2.75, 3.05) is 13.7 Å². The molecule has 0 aliphatic carbocycles. The predicted molar refractivity (Wildman–Crippen MR) is 140 cm³/mol. The molecule has 9 nitrogen and oxygen atoms in total. The van der Waals surface area contributed by atoms with Crippen LogP contribution in [0, 0.1) is 0 Å². The van der Waals surface area contributed by atoms with Crippen molar-refractivity contribution in [1.82, 2.24) is 0 Å². The average molecular weight is 526 g/mol. The van der Waals surface area contributed by atoms with Gasteiger partial charge in [-0.3, -0.25) is 4.79 Å². The van der Waals surface area contributed by atoms with Gasteiger partial charge in [0.1, 0.15) is 23.0 Å². The smallest absolute Gasteiger partial charge is 0.344 e. The number of hydrogen-bond donors (Lipinski definition) is 2. The van der Waals surface area contributed by atoms with E-state index in [0.717, 1.165) is 17.3 Å². The molecule has 1 aliphatic rings. The lowest BCUT2D eigenvalue weighted by molar-refractivity contribution is -0.138. The zero-order chi connectivity index (χ0) is 26.9. The molecule has 1 aliphatic heterocycles. The topological polar surface area (TPSA) is 132 Å². The van der Waals surface area contributed by atoms with Gasteiger partial charge in [0, 0.05) is 6.42 Å². The van der Waals surface area contributed by atoms with Crippen molar-refractivity contribution in [2.24, 2.45) is 4.99 Å². The maximum absolute atomic E-state index is 12.5. The second-order valence-corrected chi connectivity index (χ2v) is 8.85. The number of methoxy groups -OCH3 is 1. The number of amides is 1. The first-order chi connectivity index (χ1) is 17.8. The van der Waals surface area contributed by atoms with Gasteiger partial charge < -0.3 is 24.4 Å². The number of aromatic carboxylic acids is 1. The standard InChI is InChI=1S/C27H27NO8S/c1-4-6-22(29)28-25-23(27(33)35-5-2)24(30)21(37-25)14-17-9-12-19(20(13-17)34-3)36-15-16-7-10-18(11-8-16)26(31)32/h7-14,30H,4-6,15H2,1-3H3,(H,31,32)/b21-14-,28-25?. The van der Waals surface area contributed by atoms with Crippen LogP contribution in [0.25, 0.3) is 6.08 Å². The molecule has 1 amide bonds. The number of aliphatic imine (C=N–C) groups is 1. The monoisotopic (exact) mass is 525 g/mol. The van der Waals surface area contributed by atoms with Crippen molar-refractivity contribution in [3.05, 3.63) is 75.4 Å². The summed E-state index contributed by atoms with van der Waals surface area (Å²) in [6, 6.07) is 11.5. The van der Waals surface area contributed by atoms with Crippen molar-refractivity contribution in [2.45, 2.75) is 33.3 Å². The number of rotatable bonds is 10. The van der Waals surface area contributed by atoms with Gasteiger partial charge in [0.2, 0.25) is 5.91 Å². The Balaban J connectivity index is 1.84. The summed E-state index contributed by atoms with van der Waals surface area (Å²) >= 11 is 1.01. The van der Waals surface area contributed by atoms with Crippen LogP contribution in [0.15, 0.2) is 63.7 Å². The van der Waals surface area contributed by atoms with Crippen molar-refractivity contribution in [3.63, 3.8) is 0 Å². The van der Waals surface area contributed by atoms with Gasteiger partial charge in [-0.05, 0) is 54.8 Å². The van der Waals surface area contributed by atoms with Gasteiger partial charge >= 0.3 is 11.9 Å². The SMILES string of the molecule is CCCC(=O)N=C1S/C(=C\c2ccc(OCc3ccc(C(=O)O)cc3)c(OC)c2)C(O)=C1C(=O)OCC. The molecule has 194 valence electrons. The number of thioether (sulfide) groups is 1. The third-order valence-electron chi connectivity index (χ3n) is 5.14. The molecule has 0 unspecified atom stereocenters. The highest BCUT2D eigenvalue weighted by Crippen LogP contribution is 2.40. The number of carbonyl (C=O) groups excluding carboxylic acids is 2. The molecule has 0 atom stereocenters. The van der Waals surface area contributed by atoms with E-state index in [9.17, 15) is 19.5 Å². The summed E-state index contributed by atoms with van der Waals surface area (Å²) in [4.78, 5) is 39.9. The number of esters is 1. The molecule has 10 heteroatoms. The van der Waals surface area contributed by atoms with Crippen LogP contribution in [-0.4, -0.2) is 46.8 Å². The Morgan fingerprint density at radius 3 is 2.41 bits per heavy atom. The maximum Gasteiger partial charge on any atom is 0.344 e. The molecule has 1 heterocycles. The van der Waals surface area contributed by atoms with Gasteiger partial charge in [0.15, 0.2) is 11.5 Å². The van der Waals surface area contributed by atoms with Crippen LogP contribution in [0.3, 0.4) is 0 Å². The lowest BCUT2D eigenvalue weighted by Crippen LogP contribution is -2.14. The Kier molecular flexibility index (Phi) is 9.51. The number of ether oxygens (including phenoxy) is 3. The summed E-state index contributed by atoms with van der Waals surface area (Å²) in [5, 5.41) is 19.9. The van der Waals surface area contributed by atoms with E-state index in [1.54, 1.807) is 43.3 Å². The molecule has 2 aromatic carbocycles. The average Bonchev–Trinajstić information content (AvgIpc) is 3.17. The minimum absolute atomic E-state index is 0.0986. The van der Waals surface area contributed by atoms with Gasteiger partial charge in [-0.1, -0.05) is 36.9 Å². The fraction of sp³-hybridized carbons (Fsp3) is 0.259. The van der Waals surface area contributed by atoms with E-state index in [1.165, 1.54) is 19.2 Å². The van der Waals surface area contributed by atoms with Gasteiger partial charge in [-0.2, -0.15) is 0 Å². The largest absolute Gasteiger partial charge is 0.506 e. The van der Waals surface area contributed by atoms with E-state index in [1.807, 2.05) is 6.92 Å². The lowest BCUT2D eigenvalue weighted by Gasteiger charge is -2.12. The number of aliphatic hydroxyl groups excluding tert-OH is 1. The summed E-state index contributed by atoms with van der Waals surface area (Å²) in [5.74, 6) is -1.56. The molecule has 0 saturated carbocycles. The van der Waals surface area contributed by atoms with E-state index in [4.69, 9.17) is 19.3 Å². The zero-order valence-corrected chi connectivity index (χ0v) is 21.5. The second kappa shape index (κ2) is 12.8. The highest BCUT2D eigenvalue weighted by Gasteiger charge is 2.33. The number of carboxylic acid groups (broad SMARTS) is 1. The van der Waals surface area contributed by atoms with Crippen LogP contribution in [0.2, 0.25) is 0 Å². The van der Waals surface area contributed by atoms with Crippen LogP contribution in [0.5, 0.6) is 11.5 Å². The van der Waals surface area contributed by atoms with Crippen molar-refractivity contribution < 1.29 is 38.8 Å². The summed E-state index contributed by atoms with van der Waals surface area (Å²) in [6.07, 6.45) is 2.47. The van der Waals surface area contributed by atoms with Gasteiger partial charge in [-0.25, -0.2) is 14.6 Å².